The molecule has 4 rings (SSSR count). The molecule has 0 aliphatic carbocycles. The number of benzene rings is 4. The van der Waals surface area contributed by atoms with Crippen molar-refractivity contribution in [3.8, 4) is 5.75 Å². The summed E-state index contributed by atoms with van der Waals surface area (Å²) in [6.45, 7) is 0.401. The maximum Gasteiger partial charge on any atom is 0.271 e. The normalized spacial score (nSPS) is 11.0. The monoisotopic (exact) mass is 398 g/mol. The number of carbonyl (C=O) groups excluding carboxylic acids is 1. The van der Waals surface area contributed by atoms with Crippen LogP contribution in [0, 0.1) is 5.82 Å². The van der Waals surface area contributed by atoms with Crippen molar-refractivity contribution in [3.05, 3.63) is 114 Å². The third-order valence-electron chi connectivity index (χ3n) is 4.57. The molecule has 1 amide bonds. The molecular formula is C25H19FN2O2. The van der Waals surface area contributed by atoms with E-state index in [0.717, 1.165) is 16.7 Å². The van der Waals surface area contributed by atoms with Gasteiger partial charge in [0.25, 0.3) is 5.91 Å². The lowest BCUT2D eigenvalue weighted by molar-refractivity contribution is 0.0955. The Hall–Kier alpha value is -3.99. The minimum Gasteiger partial charge on any atom is -0.489 e. The number of nitrogens with one attached hydrogen (secondary N) is 1. The summed E-state index contributed by atoms with van der Waals surface area (Å²) in [7, 11) is 0. The highest BCUT2D eigenvalue weighted by atomic mass is 19.1. The zero-order valence-corrected chi connectivity index (χ0v) is 16.1. The number of hydrazone groups is 1. The largest absolute Gasteiger partial charge is 0.489 e. The van der Waals surface area contributed by atoms with Crippen molar-refractivity contribution in [3.63, 3.8) is 0 Å². The van der Waals surface area contributed by atoms with Crippen LogP contribution in [0.2, 0.25) is 0 Å². The molecule has 0 saturated heterocycles. The maximum atomic E-state index is 13.1. The first kappa shape index (κ1) is 19.3. The molecule has 0 saturated carbocycles. The average molecular weight is 398 g/mol. The zero-order chi connectivity index (χ0) is 20.8. The second-order valence-electron chi connectivity index (χ2n) is 6.75. The molecular weight excluding hydrogens is 379 g/mol. The Kier molecular flexibility index (Phi) is 5.80. The van der Waals surface area contributed by atoms with Crippen LogP contribution in [-0.4, -0.2) is 12.1 Å². The van der Waals surface area contributed by atoms with Gasteiger partial charge in [0.05, 0.1) is 6.21 Å². The number of rotatable bonds is 6. The fourth-order valence-corrected chi connectivity index (χ4v) is 2.99. The average Bonchev–Trinajstić information content (AvgIpc) is 2.78. The number of amides is 1. The molecule has 0 unspecified atom stereocenters. The van der Waals surface area contributed by atoms with Gasteiger partial charge in [-0.2, -0.15) is 5.10 Å². The van der Waals surface area contributed by atoms with Crippen LogP contribution in [0.3, 0.4) is 0 Å². The molecule has 4 nitrogen and oxygen atoms in total. The first-order valence-corrected chi connectivity index (χ1v) is 9.47. The molecule has 0 radical (unpaired) electrons. The van der Waals surface area contributed by atoms with Gasteiger partial charge in [-0.25, -0.2) is 9.82 Å². The van der Waals surface area contributed by atoms with Crippen LogP contribution in [0.15, 0.2) is 96.1 Å². The lowest BCUT2D eigenvalue weighted by atomic mass is 10.1. The summed E-state index contributed by atoms with van der Waals surface area (Å²) < 4.78 is 19.0. The summed E-state index contributed by atoms with van der Waals surface area (Å²) >= 11 is 0. The van der Waals surface area contributed by atoms with E-state index >= 15 is 0 Å². The minimum absolute atomic E-state index is 0.343. The Morgan fingerprint density at radius 3 is 2.50 bits per heavy atom. The Balaban J connectivity index is 1.33. The Bertz CT molecular complexity index is 1200. The fourth-order valence-electron chi connectivity index (χ4n) is 2.99. The molecule has 0 bridgehead atoms. The van der Waals surface area contributed by atoms with Crippen molar-refractivity contribution in [1.82, 2.24) is 5.43 Å². The van der Waals surface area contributed by atoms with Gasteiger partial charge >= 0.3 is 0 Å². The van der Waals surface area contributed by atoms with E-state index in [9.17, 15) is 9.18 Å². The van der Waals surface area contributed by atoms with Crippen molar-refractivity contribution in [2.75, 3.05) is 0 Å². The van der Waals surface area contributed by atoms with Gasteiger partial charge in [0, 0.05) is 5.56 Å². The quantitative estimate of drug-likeness (QED) is 0.353. The molecule has 0 atom stereocenters. The Morgan fingerprint density at radius 2 is 1.70 bits per heavy atom. The van der Waals surface area contributed by atoms with E-state index < -0.39 is 0 Å². The second-order valence-corrected chi connectivity index (χ2v) is 6.75. The third-order valence-corrected chi connectivity index (χ3v) is 4.57. The van der Waals surface area contributed by atoms with Crippen LogP contribution in [0.5, 0.6) is 5.75 Å². The van der Waals surface area contributed by atoms with Gasteiger partial charge in [-0.05, 0) is 58.3 Å². The molecule has 0 spiro atoms. The Labute approximate surface area is 173 Å². The number of hydrogen-bond donors (Lipinski definition) is 1. The highest BCUT2D eigenvalue weighted by molar-refractivity contribution is 5.94. The molecule has 0 aliphatic rings. The lowest BCUT2D eigenvalue weighted by Gasteiger charge is -2.08. The molecule has 4 aromatic carbocycles. The molecule has 148 valence electrons. The smallest absolute Gasteiger partial charge is 0.271 e. The zero-order valence-electron chi connectivity index (χ0n) is 16.1. The SMILES string of the molecule is O=C(N/N=C\c1cccc(F)c1)c1ccc(COc2ccc3ccccc3c2)cc1. The number of nitrogens with zero attached hydrogens (tertiary/aromatic N) is 1. The van der Waals surface area contributed by atoms with E-state index in [4.69, 9.17) is 4.74 Å². The number of ether oxygens (including phenoxy) is 1. The van der Waals surface area contributed by atoms with Crippen LogP contribution >= 0.6 is 0 Å². The highest BCUT2D eigenvalue weighted by Crippen LogP contribution is 2.21. The molecule has 0 heterocycles. The molecule has 4 aromatic rings. The number of carbonyl (C=O) groups is 1. The summed E-state index contributed by atoms with van der Waals surface area (Å²) in [6, 6.07) is 27.2. The molecule has 5 heteroatoms. The van der Waals surface area contributed by atoms with E-state index in [1.165, 1.54) is 23.7 Å². The first-order chi connectivity index (χ1) is 14.7. The molecule has 0 aromatic heterocycles. The summed E-state index contributed by atoms with van der Waals surface area (Å²) in [5.41, 5.74) is 4.42. The van der Waals surface area contributed by atoms with E-state index in [-0.39, 0.29) is 11.7 Å². The predicted octanol–water partition coefficient (Wildman–Crippen LogP) is 5.32. The van der Waals surface area contributed by atoms with Crippen LogP contribution in [-0.2, 0) is 6.61 Å². The topological polar surface area (TPSA) is 50.7 Å². The van der Waals surface area contributed by atoms with Crippen molar-refractivity contribution in [1.29, 1.82) is 0 Å². The Morgan fingerprint density at radius 1 is 0.900 bits per heavy atom. The van der Waals surface area contributed by atoms with Gasteiger partial charge in [0.2, 0.25) is 0 Å². The van der Waals surface area contributed by atoms with Crippen LogP contribution in [0.4, 0.5) is 4.39 Å². The minimum atomic E-state index is -0.355. The van der Waals surface area contributed by atoms with Crippen molar-refractivity contribution in [2.24, 2.45) is 5.10 Å². The van der Waals surface area contributed by atoms with Crippen LogP contribution in [0.25, 0.3) is 10.8 Å². The van der Waals surface area contributed by atoms with E-state index in [0.29, 0.717) is 17.7 Å². The van der Waals surface area contributed by atoms with Gasteiger partial charge in [-0.1, -0.05) is 54.6 Å². The van der Waals surface area contributed by atoms with Gasteiger partial charge < -0.3 is 4.74 Å². The first-order valence-electron chi connectivity index (χ1n) is 9.47. The molecule has 0 fully saturated rings. The third kappa shape index (κ3) is 4.89. The molecule has 1 N–H and O–H groups in total. The van der Waals surface area contributed by atoms with E-state index in [1.807, 2.05) is 48.5 Å². The van der Waals surface area contributed by atoms with Crippen LogP contribution in [0.1, 0.15) is 21.5 Å². The van der Waals surface area contributed by atoms with E-state index in [2.05, 4.69) is 16.6 Å². The molecule has 30 heavy (non-hydrogen) atoms. The number of halogens is 1. The summed E-state index contributed by atoms with van der Waals surface area (Å²) in [4.78, 5) is 12.2. The summed E-state index contributed by atoms with van der Waals surface area (Å²) in [5, 5.41) is 6.16. The van der Waals surface area contributed by atoms with Crippen molar-refractivity contribution in [2.45, 2.75) is 6.61 Å². The lowest BCUT2D eigenvalue weighted by Crippen LogP contribution is -2.17. The fraction of sp³-hybridized carbons (Fsp3) is 0.0400. The predicted molar refractivity (Wildman–Crippen MR) is 116 cm³/mol. The van der Waals surface area contributed by atoms with Gasteiger partial charge in [-0.3, -0.25) is 4.79 Å². The van der Waals surface area contributed by atoms with Crippen molar-refractivity contribution >= 4 is 22.9 Å². The second kappa shape index (κ2) is 9.01. The highest BCUT2D eigenvalue weighted by Gasteiger charge is 2.05. The van der Waals surface area contributed by atoms with E-state index in [1.54, 1.807) is 24.3 Å². The van der Waals surface area contributed by atoms with Gasteiger partial charge in [0.15, 0.2) is 0 Å². The summed E-state index contributed by atoms with van der Waals surface area (Å²) in [6.07, 6.45) is 1.40. The maximum absolute atomic E-state index is 13.1. The van der Waals surface area contributed by atoms with Gasteiger partial charge in [0.1, 0.15) is 18.2 Å². The number of fused-ring (bicyclic) bond motifs is 1. The number of hydrogen-bond acceptors (Lipinski definition) is 3. The summed E-state index contributed by atoms with van der Waals surface area (Å²) in [5.74, 6) is 0.0960. The molecule has 0 aliphatic heterocycles. The van der Waals surface area contributed by atoms with Crippen molar-refractivity contribution < 1.29 is 13.9 Å². The van der Waals surface area contributed by atoms with Crippen LogP contribution < -0.4 is 10.2 Å². The standard InChI is InChI=1S/C25H19FN2O2/c26-23-7-3-4-19(14-23)16-27-28-25(29)21-10-8-18(9-11-21)17-30-24-13-12-20-5-1-2-6-22(20)15-24/h1-16H,17H2,(H,28,29)/b27-16-. The van der Waals surface area contributed by atoms with Gasteiger partial charge in [-0.15, -0.1) is 0 Å².